The van der Waals surface area contributed by atoms with Crippen LogP contribution in [0.15, 0.2) is 22.7 Å². The lowest BCUT2D eigenvalue weighted by Crippen LogP contribution is -2.21. The minimum absolute atomic E-state index is 0.338. The zero-order valence-electron chi connectivity index (χ0n) is 15.4. The summed E-state index contributed by atoms with van der Waals surface area (Å²) < 4.78 is 16.3. The van der Waals surface area contributed by atoms with Crippen molar-refractivity contribution in [3.63, 3.8) is 0 Å². The lowest BCUT2D eigenvalue weighted by Gasteiger charge is -2.20. The summed E-state index contributed by atoms with van der Waals surface area (Å²) in [6.07, 6.45) is 1.01. The number of rotatable bonds is 4. The Bertz CT molecular complexity index is 953. The molecule has 3 heterocycles. The van der Waals surface area contributed by atoms with Gasteiger partial charge < -0.3 is 18.9 Å². The maximum atomic E-state index is 5.57. The molecule has 1 aromatic carbocycles. The fourth-order valence-corrected chi connectivity index (χ4v) is 3.67. The van der Waals surface area contributed by atoms with Gasteiger partial charge in [-0.25, -0.2) is 4.98 Å². The number of fused-ring (bicyclic) bond motifs is 1. The van der Waals surface area contributed by atoms with E-state index >= 15 is 0 Å². The molecule has 7 heteroatoms. The van der Waals surface area contributed by atoms with E-state index in [-0.39, 0.29) is 0 Å². The molecule has 3 aromatic rings. The van der Waals surface area contributed by atoms with Gasteiger partial charge in [0.1, 0.15) is 28.5 Å². The Labute approximate surface area is 151 Å². The monoisotopic (exact) mass is 354 g/mol. The number of benzene rings is 1. The number of aromatic nitrogens is 3. The first-order valence-corrected chi connectivity index (χ1v) is 8.68. The molecule has 0 radical (unpaired) electrons. The first-order valence-electron chi connectivity index (χ1n) is 8.68. The Morgan fingerprint density at radius 3 is 2.77 bits per heavy atom. The number of nitrogens with zero attached hydrogens (tertiary/aromatic N) is 4. The maximum absolute atomic E-state index is 5.57. The predicted molar refractivity (Wildman–Crippen MR) is 98.2 cm³/mol. The zero-order chi connectivity index (χ0) is 18.3. The molecule has 1 fully saturated rings. The number of hydrogen-bond acceptors (Lipinski definition) is 7. The molecule has 1 aliphatic heterocycles. The average molecular weight is 354 g/mol. The van der Waals surface area contributed by atoms with Crippen LogP contribution >= 0.6 is 0 Å². The van der Waals surface area contributed by atoms with Gasteiger partial charge in [-0.05, 0) is 38.5 Å². The van der Waals surface area contributed by atoms with Crippen molar-refractivity contribution in [3.05, 3.63) is 35.3 Å². The van der Waals surface area contributed by atoms with Gasteiger partial charge in [-0.2, -0.15) is 4.98 Å². The second-order valence-electron chi connectivity index (χ2n) is 6.58. The summed E-state index contributed by atoms with van der Waals surface area (Å²) in [5.41, 5.74) is 2.53. The van der Waals surface area contributed by atoms with Crippen LogP contribution in [0.3, 0.4) is 0 Å². The summed E-state index contributed by atoms with van der Waals surface area (Å²) >= 11 is 0. The van der Waals surface area contributed by atoms with Gasteiger partial charge >= 0.3 is 0 Å². The normalized spacial score (nSPS) is 17.1. The molecule has 0 unspecified atom stereocenters. The highest BCUT2D eigenvalue weighted by Gasteiger charge is 2.30. The molecule has 1 saturated heterocycles. The molecule has 2 aromatic heterocycles. The Kier molecular flexibility index (Phi) is 4.14. The fraction of sp³-hybridized carbons (Fsp3) is 0.421. The molecule has 0 aliphatic carbocycles. The molecule has 0 N–H and O–H groups in total. The van der Waals surface area contributed by atoms with Crippen molar-refractivity contribution >= 4 is 16.9 Å². The van der Waals surface area contributed by atoms with E-state index in [0.29, 0.717) is 17.5 Å². The van der Waals surface area contributed by atoms with Gasteiger partial charge in [-0.15, -0.1) is 0 Å². The van der Waals surface area contributed by atoms with E-state index < -0.39 is 0 Å². The standard InChI is InChI=1S/C19H22N4O3/c1-11-17-18(20-12(2)21-19(17)26-22-11)23-8-7-13(10-23)15-9-14(24-3)5-6-16(15)25-4/h5-6,9,13H,7-8,10H2,1-4H3/t13-/m1/s1. The van der Waals surface area contributed by atoms with Gasteiger partial charge in [0.05, 0.1) is 19.9 Å². The second kappa shape index (κ2) is 6.48. The Balaban J connectivity index is 1.69. The molecule has 1 aliphatic rings. The van der Waals surface area contributed by atoms with E-state index in [1.807, 2.05) is 26.0 Å². The SMILES string of the molecule is COc1ccc(OC)c([C@@H]2CCN(c3nc(C)nc4onc(C)c34)C2)c1. The predicted octanol–water partition coefficient (Wildman–Crippen LogP) is 3.25. The van der Waals surface area contributed by atoms with Crippen LogP contribution in [0.1, 0.15) is 29.4 Å². The van der Waals surface area contributed by atoms with Crippen molar-refractivity contribution in [2.45, 2.75) is 26.2 Å². The van der Waals surface area contributed by atoms with Crippen molar-refractivity contribution in [1.29, 1.82) is 0 Å². The van der Waals surface area contributed by atoms with Crippen molar-refractivity contribution < 1.29 is 14.0 Å². The van der Waals surface area contributed by atoms with Gasteiger partial charge in [-0.1, -0.05) is 5.16 Å². The largest absolute Gasteiger partial charge is 0.497 e. The number of methoxy groups -OCH3 is 2. The molecular formula is C19H22N4O3. The number of anilines is 1. The molecule has 7 nitrogen and oxygen atoms in total. The number of hydrogen-bond donors (Lipinski definition) is 0. The van der Waals surface area contributed by atoms with Gasteiger partial charge in [0.25, 0.3) is 5.71 Å². The molecule has 0 amide bonds. The first-order chi connectivity index (χ1) is 12.6. The van der Waals surface area contributed by atoms with E-state index in [0.717, 1.165) is 47.9 Å². The first kappa shape index (κ1) is 16.6. The summed E-state index contributed by atoms with van der Waals surface area (Å²) in [6.45, 7) is 5.55. The summed E-state index contributed by atoms with van der Waals surface area (Å²) in [5, 5.41) is 4.95. The van der Waals surface area contributed by atoms with Crippen molar-refractivity contribution in [1.82, 2.24) is 15.1 Å². The molecule has 26 heavy (non-hydrogen) atoms. The molecule has 0 saturated carbocycles. The van der Waals surface area contributed by atoms with Gasteiger partial charge in [0, 0.05) is 24.6 Å². The van der Waals surface area contributed by atoms with Crippen molar-refractivity contribution in [3.8, 4) is 11.5 Å². The van der Waals surface area contributed by atoms with Crippen LogP contribution in [0.25, 0.3) is 11.1 Å². The average Bonchev–Trinajstić information content (AvgIpc) is 3.28. The summed E-state index contributed by atoms with van der Waals surface area (Å²) in [6, 6.07) is 5.96. The maximum Gasteiger partial charge on any atom is 0.263 e. The fourth-order valence-electron chi connectivity index (χ4n) is 3.67. The molecular weight excluding hydrogens is 332 g/mol. The molecule has 0 spiro atoms. The topological polar surface area (TPSA) is 73.5 Å². The third-order valence-corrected chi connectivity index (χ3v) is 4.96. The summed E-state index contributed by atoms with van der Waals surface area (Å²) in [4.78, 5) is 11.3. The second-order valence-corrected chi connectivity index (χ2v) is 6.58. The van der Waals surface area contributed by atoms with Gasteiger partial charge in [0.2, 0.25) is 0 Å². The van der Waals surface area contributed by atoms with Crippen LogP contribution in [0.4, 0.5) is 5.82 Å². The van der Waals surface area contributed by atoms with Gasteiger partial charge in [-0.3, -0.25) is 0 Å². The van der Waals surface area contributed by atoms with Crippen LogP contribution < -0.4 is 14.4 Å². The van der Waals surface area contributed by atoms with E-state index in [4.69, 9.17) is 14.0 Å². The number of aryl methyl sites for hydroxylation is 2. The van der Waals surface area contributed by atoms with Crippen LogP contribution in [0.5, 0.6) is 11.5 Å². The highest BCUT2D eigenvalue weighted by molar-refractivity contribution is 5.88. The minimum Gasteiger partial charge on any atom is -0.497 e. The van der Waals surface area contributed by atoms with Crippen LogP contribution in [-0.2, 0) is 0 Å². The third-order valence-electron chi connectivity index (χ3n) is 4.96. The van der Waals surface area contributed by atoms with Crippen LogP contribution in [0.2, 0.25) is 0 Å². The molecule has 4 rings (SSSR count). The summed E-state index contributed by atoms with van der Waals surface area (Å²) in [5.74, 6) is 3.66. The Hall–Kier alpha value is -2.83. The highest BCUT2D eigenvalue weighted by atomic mass is 16.5. The zero-order valence-corrected chi connectivity index (χ0v) is 15.4. The third kappa shape index (κ3) is 2.73. The Morgan fingerprint density at radius 1 is 1.15 bits per heavy atom. The van der Waals surface area contributed by atoms with E-state index in [9.17, 15) is 0 Å². The molecule has 0 bridgehead atoms. The lowest BCUT2D eigenvalue weighted by molar-refractivity contribution is 0.396. The van der Waals surface area contributed by atoms with Crippen molar-refractivity contribution in [2.75, 3.05) is 32.2 Å². The highest BCUT2D eigenvalue weighted by Crippen LogP contribution is 2.38. The lowest BCUT2D eigenvalue weighted by atomic mass is 9.97. The van der Waals surface area contributed by atoms with E-state index in [2.05, 4.69) is 26.1 Å². The van der Waals surface area contributed by atoms with Crippen LogP contribution in [-0.4, -0.2) is 42.4 Å². The minimum atomic E-state index is 0.338. The Morgan fingerprint density at radius 2 is 2.00 bits per heavy atom. The van der Waals surface area contributed by atoms with Gasteiger partial charge in [0.15, 0.2) is 0 Å². The van der Waals surface area contributed by atoms with Crippen molar-refractivity contribution in [2.24, 2.45) is 0 Å². The molecule has 1 atom stereocenters. The summed E-state index contributed by atoms with van der Waals surface area (Å²) in [7, 11) is 3.39. The van der Waals surface area contributed by atoms with E-state index in [1.165, 1.54) is 5.56 Å². The van der Waals surface area contributed by atoms with E-state index in [1.54, 1.807) is 14.2 Å². The molecule has 136 valence electrons. The smallest absolute Gasteiger partial charge is 0.263 e. The van der Waals surface area contributed by atoms with Crippen LogP contribution in [0, 0.1) is 13.8 Å². The number of ether oxygens (including phenoxy) is 2. The quantitative estimate of drug-likeness (QED) is 0.712.